The summed E-state index contributed by atoms with van der Waals surface area (Å²) in [4.78, 5) is 14.1. The highest BCUT2D eigenvalue weighted by molar-refractivity contribution is 6.02. The number of hydrogen-bond acceptors (Lipinski definition) is 8. The monoisotopic (exact) mass is 496 g/mol. The molecule has 10 heteroatoms. The number of aromatic nitrogens is 3. The third-order valence-corrected chi connectivity index (χ3v) is 7.34. The van der Waals surface area contributed by atoms with Crippen molar-refractivity contribution in [2.75, 3.05) is 29.1 Å². The summed E-state index contributed by atoms with van der Waals surface area (Å²) in [6, 6.07) is 12.2. The van der Waals surface area contributed by atoms with Gasteiger partial charge in [0.2, 0.25) is 5.84 Å². The third-order valence-electron chi connectivity index (χ3n) is 7.34. The minimum Gasteiger partial charge on any atom is -0.383 e. The van der Waals surface area contributed by atoms with Gasteiger partial charge in [0, 0.05) is 29.3 Å². The van der Waals surface area contributed by atoms with E-state index in [4.69, 9.17) is 16.5 Å². The van der Waals surface area contributed by atoms with E-state index in [1.807, 2.05) is 32.1 Å². The van der Waals surface area contributed by atoms with Gasteiger partial charge in [-0.25, -0.2) is 15.3 Å². The van der Waals surface area contributed by atoms with Crippen molar-refractivity contribution >= 4 is 34.9 Å². The summed E-state index contributed by atoms with van der Waals surface area (Å²) in [5, 5.41) is 10.9. The number of nitrogen functional groups attached to an aromatic ring is 2. The molecule has 0 amide bonds. The van der Waals surface area contributed by atoms with Crippen LogP contribution in [0.1, 0.15) is 35.0 Å². The van der Waals surface area contributed by atoms with Gasteiger partial charge in [-0.05, 0) is 56.2 Å². The molecule has 1 spiro atoms. The standard InChI is InChI=1S/C27H30N10/c1-5-18-9-8-17-14-19-10-6-16(3)24(29)36(19)27(34-25(17)31-18)35-26-20(11-13-22(30-4)37(26)27)32-21-12-7-15(2)23(28)33-21/h6-13,20,29H,5,14H2,1-4H3,(H4,28,31,32,33,34)/p+2/t20?,27-/m0/s1. The van der Waals surface area contributed by atoms with Gasteiger partial charge in [0.25, 0.3) is 11.7 Å². The van der Waals surface area contributed by atoms with Crippen LogP contribution >= 0.6 is 0 Å². The minimum absolute atomic E-state index is 0.180. The molecule has 0 fully saturated rings. The van der Waals surface area contributed by atoms with Crippen LogP contribution in [0.5, 0.6) is 0 Å². The molecule has 3 aliphatic heterocycles. The molecule has 3 aromatic heterocycles. The van der Waals surface area contributed by atoms with Crippen molar-refractivity contribution < 1.29 is 9.14 Å². The number of aliphatic imine (C=N–C) groups is 1. The zero-order valence-corrected chi connectivity index (χ0v) is 21.5. The topological polar surface area (TPSA) is 133 Å². The molecule has 6 rings (SSSR count). The van der Waals surface area contributed by atoms with Crippen molar-refractivity contribution in [2.24, 2.45) is 4.99 Å². The van der Waals surface area contributed by atoms with Gasteiger partial charge in [-0.3, -0.25) is 11.1 Å². The molecule has 1 unspecified atom stereocenters. The van der Waals surface area contributed by atoms with Crippen molar-refractivity contribution in [2.45, 2.75) is 45.6 Å². The van der Waals surface area contributed by atoms with E-state index in [1.165, 1.54) is 0 Å². The van der Waals surface area contributed by atoms with E-state index < -0.39 is 5.91 Å². The lowest BCUT2D eigenvalue weighted by Gasteiger charge is -2.43. The molecule has 7 N–H and O–H groups in total. The number of amidine groups is 2. The minimum atomic E-state index is -0.926. The smallest absolute Gasteiger partial charge is 0.383 e. The maximum Gasteiger partial charge on any atom is 0.447 e. The molecule has 2 atom stereocenters. The summed E-state index contributed by atoms with van der Waals surface area (Å²) in [7, 11) is 1.79. The highest BCUT2D eigenvalue weighted by atomic mass is 15.6. The van der Waals surface area contributed by atoms with E-state index in [0.29, 0.717) is 23.9 Å². The van der Waals surface area contributed by atoms with Crippen molar-refractivity contribution in [1.29, 1.82) is 0 Å². The van der Waals surface area contributed by atoms with Crippen LogP contribution < -0.4 is 32.0 Å². The average molecular weight is 497 g/mol. The zero-order valence-electron chi connectivity index (χ0n) is 21.5. The van der Waals surface area contributed by atoms with Crippen molar-refractivity contribution in [1.82, 2.24) is 15.3 Å². The number of nitrogens with one attached hydrogen (secondary N) is 3. The van der Waals surface area contributed by atoms with E-state index in [1.54, 1.807) is 7.05 Å². The number of rotatable bonds is 3. The quantitative estimate of drug-likeness (QED) is 0.349. The van der Waals surface area contributed by atoms with Crippen molar-refractivity contribution in [3.05, 3.63) is 76.6 Å². The zero-order chi connectivity index (χ0) is 25.9. The second kappa shape index (κ2) is 8.29. The van der Waals surface area contributed by atoms with Crippen LogP contribution in [-0.2, 0) is 18.8 Å². The van der Waals surface area contributed by atoms with Gasteiger partial charge in [-0.2, -0.15) is 0 Å². The summed E-state index contributed by atoms with van der Waals surface area (Å²) in [5.74, 6) is 3.49. The summed E-state index contributed by atoms with van der Waals surface area (Å²) in [5.41, 5.74) is 18.0. The molecule has 0 aliphatic carbocycles. The molecule has 10 nitrogen and oxygen atoms in total. The van der Waals surface area contributed by atoms with E-state index >= 15 is 0 Å². The van der Waals surface area contributed by atoms with Crippen LogP contribution in [0.15, 0.2) is 53.5 Å². The molecule has 3 aliphatic rings. The Bertz CT molecular complexity index is 1540. The van der Waals surface area contributed by atoms with Gasteiger partial charge in [0.1, 0.15) is 29.2 Å². The molecule has 37 heavy (non-hydrogen) atoms. The molecule has 3 aromatic rings. The molecule has 6 heterocycles. The average Bonchev–Trinajstić information content (AvgIpc) is 3.03. The number of nitrogens with two attached hydrogens (primary N) is 2. The fourth-order valence-electron chi connectivity index (χ4n) is 5.21. The molecule has 0 saturated carbocycles. The van der Waals surface area contributed by atoms with Gasteiger partial charge in [-0.1, -0.05) is 19.1 Å². The Morgan fingerprint density at radius 2 is 1.89 bits per heavy atom. The van der Waals surface area contributed by atoms with Gasteiger partial charge >= 0.3 is 5.91 Å². The maximum absolute atomic E-state index is 6.78. The maximum atomic E-state index is 6.78. The van der Waals surface area contributed by atoms with Crippen LogP contribution in [0.3, 0.4) is 0 Å². The Balaban J connectivity index is 1.52. The Morgan fingerprint density at radius 1 is 1.08 bits per heavy atom. The van der Waals surface area contributed by atoms with Gasteiger partial charge in [0.15, 0.2) is 0 Å². The lowest BCUT2D eigenvalue weighted by molar-refractivity contribution is -0.914. The summed E-state index contributed by atoms with van der Waals surface area (Å²) >= 11 is 0. The van der Waals surface area contributed by atoms with Crippen LogP contribution in [-0.4, -0.2) is 39.3 Å². The summed E-state index contributed by atoms with van der Waals surface area (Å²) in [6.07, 6.45) is 5.62. The first-order chi connectivity index (χ1) is 17.8. The highest BCUT2D eigenvalue weighted by Gasteiger charge is 2.64. The Kier molecular flexibility index (Phi) is 5.15. The lowest BCUT2D eigenvalue weighted by atomic mass is 10.1. The molecular weight excluding hydrogens is 464 g/mol. The fourth-order valence-corrected chi connectivity index (χ4v) is 5.21. The van der Waals surface area contributed by atoms with Crippen LogP contribution in [0.4, 0.5) is 23.3 Å². The first-order valence-electron chi connectivity index (χ1n) is 12.5. The first-order valence-corrected chi connectivity index (χ1v) is 12.5. The SMILES string of the molecule is CCc1ccc2c(n1)N[C@]1(NC3=[N+]1C(=NC)C=CC3Nc1ccc(C)c(N)n1)[n+]1c(ccc(C)c1N)C2. The van der Waals surface area contributed by atoms with Crippen molar-refractivity contribution in [3.8, 4) is 0 Å². The molecule has 0 aromatic carbocycles. The summed E-state index contributed by atoms with van der Waals surface area (Å²) in [6.45, 7) is 6.08. The highest BCUT2D eigenvalue weighted by Crippen LogP contribution is 2.32. The summed E-state index contributed by atoms with van der Waals surface area (Å²) < 4.78 is 4.28. The Hall–Kier alpha value is -4.47. The first kappa shape index (κ1) is 23.0. The van der Waals surface area contributed by atoms with E-state index in [2.05, 4.69) is 72.3 Å². The van der Waals surface area contributed by atoms with E-state index in [0.717, 1.165) is 52.0 Å². The van der Waals surface area contributed by atoms with Crippen molar-refractivity contribution in [3.63, 3.8) is 0 Å². The molecule has 0 radical (unpaired) electrons. The number of anilines is 4. The number of pyridine rings is 3. The van der Waals surface area contributed by atoms with E-state index in [-0.39, 0.29) is 6.04 Å². The predicted octanol–water partition coefficient (Wildman–Crippen LogP) is 1.78. The molecule has 0 bridgehead atoms. The van der Waals surface area contributed by atoms with Crippen LogP contribution in [0, 0.1) is 13.8 Å². The van der Waals surface area contributed by atoms with Gasteiger partial charge in [0.05, 0.1) is 7.05 Å². The molecule has 0 saturated heterocycles. The predicted molar refractivity (Wildman–Crippen MR) is 146 cm³/mol. The molecule has 188 valence electrons. The number of hydrogen-bond donors (Lipinski definition) is 5. The van der Waals surface area contributed by atoms with Crippen LogP contribution in [0.2, 0.25) is 0 Å². The Labute approximate surface area is 215 Å². The number of nitrogens with zero attached hydrogens (tertiary/aromatic N) is 5. The number of fused-ring (bicyclic) bond motifs is 4. The Morgan fingerprint density at radius 3 is 2.65 bits per heavy atom. The fraction of sp³-hybridized carbons (Fsp3) is 0.296. The second-order valence-electron chi connectivity index (χ2n) is 9.67. The van der Waals surface area contributed by atoms with Gasteiger partial charge < -0.3 is 11.1 Å². The third kappa shape index (κ3) is 3.43. The molecular formula is C27H32N10+2. The normalized spacial score (nSPS) is 22.4. The lowest BCUT2D eigenvalue weighted by Crippen LogP contribution is -2.87. The number of aryl methyl sites for hydroxylation is 3. The second-order valence-corrected chi connectivity index (χ2v) is 9.67. The van der Waals surface area contributed by atoms with Crippen LogP contribution in [0.25, 0.3) is 0 Å². The van der Waals surface area contributed by atoms with Gasteiger partial charge in [-0.15, -0.1) is 14.1 Å². The largest absolute Gasteiger partial charge is 0.447 e. The van der Waals surface area contributed by atoms with E-state index in [9.17, 15) is 0 Å².